The fourth-order valence-electron chi connectivity index (χ4n) is 2.53. The zero-order valence-corrected chi connectivity index (χ0v) is 13.9. The normalized spacial score (nSPS) is 18.1. The molecule has 1 saturated heterocycles. The van der Waals surface area contributed by atoms with Gasteiger partial charge in [-0.05, 0) is 13.0 Å². The Labute approximate surface area is 139 Å². The van der Waals surface area contributed by atoms with E-state index in [2.05, 4.69) is 0 Å². The van der Waals surface area contributed by atoms with E-state index < -0.39 is 37.1 Å². The highest BCUT2D eigenvalue weighted by Gasteiger charge is 2.44. The predicted molar refractivity (Wildman–Crippen MR) is 82.7 cm³/mol. The summed E-state index contributed by atoms with van der Waals surface area (Å²) >= 11 is 0. The number of carbonyl (C=O) groups is 1. The van der Waals surface area contributed by atoms with E-state index in [0.29, 0.717) is 0 Å². The van der Waals surface area contributed by atoms with Crippen LogP contribution >= 0.6 is 0 Å². The Kier molecular flexibility index (Phi) is 5.21. The zero-order chi connectivity index (χ0) is 18.0. The van der Waals surface area contributed by atoms with Gasteiger partial charge in [-0.1, -0.05) is 12.1 Å². The average Bonchev–Trinajstić information content (AvgIpc) is 2.55. The number of benzene rings is 1. The minimum Gasteiger partial charge on any atom is -0.464 e. The molecule has 9 nitrogen and oxygen atoms in total. The third kappa shape index (κ3) is 3.40. The second kappa shape index (κ2) is 6.83. The summed E-state index contributed by atoms with van der Waals surface area (Å²) in [4.78, 5) is 21.6. The Morgan fingerprint density at radius 2 is 1.96 bits per heavy atom. The molecule has 10 heteroatoms. The van der Waals surface area contributed by atoms with Gasteiger partial charge in [-0.3, -0.25) is 10.1 Å². The number of aliphatic hydroxyl groups is 1. The fourth-order valence-corrected chi connectivity index (χ4v) is 4.13. The molecule has 1 N–H and O–H groups in total. The number of hydrogen-bond donors (Lipinski definition) is 1. The molecular formula is C14H18N2O7S. The second-order valence-corrected chi connectivity index (χ2v) is 7.29. The van der Waals surface area contributed by atoms with Crippen LogP contribution in [0.4, 0.5) is 5.69 Å². The summed E-state index contributed by atoms with van der Waals surface area (Å²) in [6, 6.07) is 5.07. The van der Waals surface area contributed by atoms with Crippen molar-refractivity contribution in [3.8, 4) is 0 Å². The van der Waals surface area contributed by atoms with Gasteiger partial charge in [0.1, 0.15) is 0 Å². The lowest BCUT2D eigenvalue weighted by atomic mass is 9.93. The van der Waals surface area contributed by atoms with Gasteiger partial charge in [0.2, 0.25) is 10.0 Å². The number of rotatable bonds is 5. The molecule has 0 unspecified atom stereocenters. The van der Waals surface area contributed by atoms with E-state index in [4.69, 9.17) is 4.74 Å². The predicted octanol–water partition coefficient (Wildman–Crippen LogP) is 0.673. The van der Waals surface area contributed by atoms with Gasteiger partial charge in [-0.15, -0.1) is 0 Å². The Hall–Kier alpha value is -2.04. The van der Waals surface area contributed by atoms with Crippen LogP contribution in [-0.2, 0) is 19.6 Å². The molecule has 1 fully saturated rings. The van der Waals surface area contributed by atoms with E-state index in [-0.39, 0.29) is 32.5 Å². The SMILES string of the molecule is CCOC(=O)C1(O)CCN(S(=O)(=O)c2ccccc2[N+](=O)[O-])CC1. The molecule has 24 heavy (non-hydrogen) atoms. The fraction of sp³-hybridized carbons (Fsp3) is 0.500. The summed E-state index contributed by atoms with van der Waals surface area (Å²) in [7, 11) is -4.10. The van der Waals surface area contributed by atoms with Crippen LogP contribution in [0.2, 0.25) is 0 Å². The molecule has 0 bridgehead atoms. The maximum Gasteiger partial charge on any atom is 0.338 e. The summed E-state index contributed by atoms with van der Waals surface area (Å²) in [6.45, 7) is 1.45. The average molecular weight is 358 g/mol. The molecule has 1 aromatic rings. The molecule has 1 aliphatic heterocycles. The van der Waals surface area contributed by atoms with Gasteiger partial charge < -0.3 is 9.84 Å². The van der Waals surface area contributed by atoms with Crippen molar-refractivity contribution in [1.82, 2.24) is 4.31 Å². The number of piperidine rings is 1. The third-order valence-electron chi connectivity index (χ3n) is 3.88. The van der Waals surface area contributed by atoms with Crippen molar-refractivity contribution in [2.24, 2.45) is 0 Å². The topological polar surface area (TPSA) is 127 Å². The van der Waals surface area contributed by atoms with Crippen LogP contribution in [0.25, 0.3) is 0 Å². The first-order valence-corrected chi connectivity index (χ1v) is 8.79. The molecule has 1 heterocycles. The summed E-state index contributed by atoms with van der Waals surface area (Å²) in [5.74, 6) is -0.785. The summed E-state index contributed by atoms with van der Waals surface area (Å²) in [6.07, 6.45) is -0.266. The molecular weight excluding hydrogens is 340 g/mol. The van der Waals surface area contributed by atoms with Crippen molar-refractivity contribution >= 4 is 21.7 Å². The molecule has 0 radical (unpaired) electrons. The number of nitro groups is 1. The smallest absolute Gasteiger partial charge is 0.338 e. The van der Waals surface area contributed by atoms with Crippen LogP contribution in [0.5, 0.6) is 0 Å². The second-order valence-electron chi connectivity index (χ2n) is 5.38. The van der Waals surface area contributed by atoms with Gasteiger partial charge in [0.15, 0.2) is 10.5 Å². The number of esters is 1. The van der Waals surface area contributed by atoms with Crippen LogP contribution in [0.3, 0.4) is 0 Å². The summed E-state index contributed by atoms with van der Waals surface area (Å²) < 4.78 is 31.1. The number of nitrogens with zero attached hydrogens (tertiary/aromatic N) is 2. The van der Waals surface area contributed by atoms with E-state index in [9.17, 15) is 28.4 Å². The van der Waals surface area contributed by atoms with Gasteiger partial charge in [0, 0.05) is 32.0 Å². The lowest BCUT2D eigenvalue weighted by Gasteiger charge is -2.35. The Morgan fingerprint density at radius 3 is 2.50 bits per heavy atom. The molecule has 0 spiro atoms. The highest BCUT2D eigenvalue weighted by atomic mass is 32.2. The highest BCUT2D eigenvalue weighted by Crippen LogP contribution is 2.31. The summed E-state index contributed by atoms with van der Waals surface area (Å²) in [5.41, 5.74) is -2.24. The van der Waals surface area contributed by atoms with Gasteiger partial charge in [0.05, 0.1) is 11.5 Å². The number of hydrogen-bond acceptors (Lipinski definition) is 7. The lowest BCUT2D eigenvalue weighted by Crippen LogP contribution is -2.51. The van der Waals surface area contributed by atoms with Crippen molar-refractivity contribution < 1.29 is 28.0 Å². The van der Waals surface area contributed by atoms with E-state index in [1.54, 1.807) is 6.92 Å². The lowest BCUT2D eigenvalue weighted by molar-refractivity contribution is -0.387. The quantitative estimate of drug-likeness (QED) is 0.465. The Morgan fingerprint density at radius 1 is 1.38 bits per heavy atom. The van der Waals surface area contributed by atoms with Crippen LogP contribution in [0.1, 0.15) is 19.8 Å². The minimum atomic E-state index is -4.10. The van der Waals surface area contributed by atoms with Gasteiger partial charge in [0.25, 0.3) is 5.69 Å². The first-order chi connectivity index (χ1) is 11.2. The van der Waals surface area contributed by atoms with E-state index >= 15 is 0 Å². The molecule has 0 amide bonds. The van der Waals surface area contributed by atoms with Crippen LogP contribution < -0.4 is 0 Å². The van der Waals surface area contributed by atoms with Crippen molar-refractivity contribution in [2.75, 3.05) is 19.7 Å². The molecule has 0 aromatic heterocycles. The molecule has 132 valence electrons. The number of carbonyl (C=O) groups excluding carboxylic acids is 1. The first kappa shape index (κ1) is 18.3. The van der Waals surface area contributed by atoms with Gasteiger partial charge >= 0.3 is 5.97 Å². The molecule has 0 aliphatic carbocycles. The van der Waals surface area contributed by atoms with E-state index in [1.807, 2.05) is 0 Å². The van der Waals surface area contributed by atoms with Gasteiger partial charge in [-0.25, -0.2) is 13.2 Å². The zero-order valence-electron chi connectivity index (χ0n) is 13.0. The Balaban J connectivity index is 2.22. The van der Waals surface area contributed by atoms with Crippen molar-refractivity contribution in [2.45, 2.75) is 30.3 Å². The number of sulfonamides is 1. The Bertz CT molecular complexity index is 739. The first-order valence-electron chi connectivity index (χ1n) is 7.35. The molecule has 2 rings (SSSR count). The summed E-state index contributed by atoms with van der Waals surface area (Å²) in [5, 5.41) is 21.3. The third-order valence-corrected chi connectivity index (χ3v) is 5.83. The number of ether oxygens (including phenoxy) is 1. The number of nitro benzene ring substituents is 1. The molecule has 1 aromatic carbocycles. The van der Waals surface area contributed by atoms with Crippen molar-refractivity contribution in [3.63, 3.8) is 0 Å². The maximum absolute atomic E-state index is 12.6. The monoisotopic (exact) mass is 358 g/mol. The molecule has 0 saturated carbocycles. The van der Waals surface area contributed by atoms with Crippen LogP contribution in [-0.4, -0.2) is 54.0 Å². The van der Waals surface area contributed by atoms with Crippen molar-refractivity contribution in [3.05, 3.63) is 34.4 Å². The van der Waals surface area contributed by atoms with E-state index in [1.165, 1.54) is 18.2 Å². The van der Waals surface area contributed by atoms with Crippen molar-refractivity contribution in [1.29, 1.82) is 0 Å². The maximum atomic E-state index is 12.6. The number of para-hydroxylation sites is 1. The largest absolute Gasteiger partial charge is 0.464 e. The highest BCUT2D eigenvalue weighted by molar-refractivity contribution is 7.89. The van der Waals surface area contributed by atoms with E-state index in [0.717, 1.165) is 10.4 Å². The molecule has 1 aliphatic rings. The van der Waals surface area contributed by atoms with Gasteiger partial charge in [-0.2, -0.15) is 4.31 Å². The standard InChI is InChI=1S/C14H18N2O7S/c1-2-23-13(17)14(18)7-9-15(10-8-14)24(21,22)12-6-4-3-5-11(12)16(19)20/h3-6,18H,2,7-10H2,1H3. The van der Waals surface area contributed by atoms with Crippen LogP contribution in [0, 0.1) is 10.1 Å². The minimum absolute atomic E-state index is 0.110. The molecule has 0 atom stereocenters. The van der Waals surface area contributed by atoms with Crippen LogP contribution in [0.15, 0.2) is 29.2 Å².